The van der Waals surface area contributed by atoms with Crippen molar-refractivity contribution in [2.24, 2.45) is 0 Å². The van der Waals surface area contributed by atoms with Crippen LogP contribution in [0.1, 0.15) is 26.7 Å². The van der Waals surface area contributed by atoms with Gasteiger partial charge in [0.05, 0.1) is 14.2 Å². The summed E-state index contributed by atoms with van der Waals surface area (Å²) in [5.74, 6) is -0.473. The molecule has 0 radical (unpaired) electrons. The molecule has 0 aliphatic carbocycles. The summed E-state index contributed by atoms with van der Waals surface area (Å²) in [5.41, 5.74) is 0. The number of benzene rings is 2. The number of ether oxygens (including phenoxy) is 4. The first kappa shape index (κ1) is 20.7. The van der Waals surface area contributed by atoms with Gasteiger partial charge in [-0.3, -0.25) is 13.8 Å². The van der Waals surface area contributed by atoms with E-state index in [9.17, 15) is 13.8 Å². The number of rotatable bonds is 7. The standard InChI is InChI=1S/C19H22O7S/c1-6-7-15(21)26-16-13-9-8-12(27(5)22)10-14(13)17(25-11(2)20)19(24-4)18(16)23-3/h8-10H,6-7H2,1-5H3. The smallest absolute Gasteiger partial charge is 0.311 e. The van der Waals surface area contributed by atoms with E-state index < -0.39 is 22.7 Å². The molecule has 2 aromatic carbocycles. The summed E-state index contributed by atoms with van der Waals surface area (Å²) >= 11 is 0. The fraction of sp³-hybridized carbons (Fsp3) is 0.368. The molecule has 2 rings (SSSR count). The summed E-state index contributed by atoms with van der Waals surface area (Å²) < 4.78 is 33.6. The van der Waals surface area contributed by atoms with Crippen LogP contribution in [0.5, 0.6) is 23.0 Å². The Morgan fingerprint density at radius 1 is 0.963 bits per heavy atom. The summed E-state index contributed by atoms with van der Waals surface area (Å²) in [6, 6.07) is 4.91. The molecule has 0 aromatic heterocycles. The van der Waals surface area contributed by atoms with E-state index in [-0.39, 0.29) is 29.4 Å². The van der Waals surface area contributed by atoms with E-state index in [0.29, 0.717) is 22.1 Å². The minimum absolute atomic E-state index is 0.110. The molecule has 0 bridgehead atoms. The number of fused-ring (bicyclic) bond motifs is 1. The van der Waals surface area contributed by atoms with Gasteiger partial charge in [-0.25, -0.2) is 0 Å². The van der Waals surface area contributed by atoms with E-state index in [0.717, 1.165) is 0 Å². The lowest BCUT2D eigenvalue weighted by atomic mass is 10.1. The van der Waals surface area contributed by atoms with Crippen LogP contribution in [-0.2, 0) is 20.4 Å². The highest BCUT2D eigenvalue weighted by Gasteiger charge is 2.26. The maximum absolute atomic E-state index is 12.1. The molecule has 0 aliphatic heterocycles. The molecule has 8 heteroatoms. The number of hydrogen-bond donors (Lipinski definition) is 0. The molecule has 7 nitrogen and oxygen atoms in total. The molecule has 27 heavy (non-hydrogen) atoms. The predicted molar refractivity (Wildman–Crippen MR) is 101 cm³/mol. The van der Waals surface area contributed by atoms with Crippen LogP contribution in [0, 0.1) is 0 Å². The lowest BCUT2D eigenvalue weighted by Crippen LogP contribution is -2.10. The topological polar surface area (TPSA) is 88.1 Å². The van der Waals surface area contributed by atoms with Crippen LogP contribution in [-0.4, -0.2) is 36.6 Å². The van der Waals surface area contributed by atoms with E-state index in [4.69, 9.17) is 18.9 Å². The van der Waals surface area contributed by atoms with Crippen molar-refractivity contribution < 1.29 is 32.7 Å². The molecule has 0 aliphatic rings. The van der Waals surface area contributed by atoms with E-state index in [2.05, 4.69) is 0 Å². The fourth-order valence-electron chi connectivity index (χ4n) is 2.63. The van der Waals surface area contributed by atoms with Gasteiger partial charge in [0.15, 0.2) is 11.5 Å². The fourth-order valence-corrected chi connectivity index (χ4v) is 3.17. The van der Waals surface area contributed by atoms with E-state index in [1.807, 2.05) is 6.92 Å². The highest BCUT2D eigenvalue weighted by atomic mass is 32.2. The van der Waals surface area contributed by atoms with Crippen molar-refractivity contribution in [1.82, 2.24) is 0 Å². The maximum atomic E-state index is 12.1. The second-order valence-corrected chi connectivity index (χ2v) is 7.08. The molecule has 2 aromatic rings. The van der Waals surface area contributed by atoms with Gasteiger partial charge in [-0.05, 0) is 24.6 Å². The highest BCUT2D eigenvalue weighted by molar-refractivity contribution is 7.84. The lowest BCUT2D eigenvalue weighted by molar-refractivity contribution is -0.134. The second kappa shape index (κ2) is 8.85. The van der Waals surface area contributed by atoms with Gasteiger partial charge in [-0.15, -0.1) is 0 Å². The molecular weight excluding hydrogens is 372 g/mol. The van der Waals surface area contributed by atoms with Gasteiger partial charge in [-0.1, -0.05) is 6.92 Å². The Morgan fingerprint density at radius 3 is 2.04 bits per heavy atom. The Balaban J connectivity index is 2.88. The van der Waals surface area contributed by atoms with Crippen LogP contribution in [0.25, 0.3) is 10.8 Å². The summed E-state index contributed by atoms with van der Waals surface area (Å²) in [6.45, 7) is 3.12. The first-order valence-corrected chi connectivity index (χ1v) is 9.84. The summed E-state index contributed by atoms with van der Waals surface area (Å²) in [5, 5.41) is 0.900. The molecule has 0 saturated heterocycles. The molecule has 0 spiro atoms. The third kappa shape index (κ3) is 4.39. The lowest BCUT2D eigenvalue weighted by Gasteiger charge is -2.19. The number of hydrogen-bond acceptors (Lipinski definition) is 7. The third-order valence-corrected chi connectivity index (χ3v) is 4.67. The Bertz CT molecular complexity index is 905. The molecule has 146 valence electrons. The average molecular weight is 394 g/mol. The van der Waals surface area contributed by atoms with Crippen molar-refractivity contribution >= 4 is 33.5 Å². The van der Waals surface area contributed by atoms with E-state index in [1.54, 1.807) is 18.2 Å². The minimum Gasteiger partial charge on any atom is -0.490 e. The maximum Gasteiger partial charge on any atom is 0.311 e. The molecule has 1 atom stereocenters. The van der Waals surface area contributed by atoms with Crippen LogP contribution in [0.2, 0.25) is 0 Å². The van der Waals surface area contributed by atoms with Gasteiger partial charge in [0, 0.05) is 46.1 Å². The zero-order chi connectivity index (χ0) is 20.1. The van der Waals surface area contributed by atoms with E-state index >= 15 is 0 Å². The minimum atomic E-state index is -1.26. The monoisotopic (exact) mass is 394 g/mol. The normalized spacial score (nSPS) is 11.7. The number of carbonyl (C=O) groups excluding carboxylic acids is 2. The van der Waals surface area contributed by atoms with Crippen LogP contribution >= 0.6 is 0 Å². The summed E-state index contributed by atoms with van der Waals surface area (Å²) in [4.78, 5) is 24.3. The van der Waals surface area contributed by atoms with Gasteiger partial charge in [-0.2, -0.15) is 0 Å². The number of esters is 2. The molecule has 0 amide bonds. The van der Waals surface area contributed by atoms with Gasteiger partial charge >= 0.3 is 11.9 Å². The van der Waals surface area contributed by atoms with Gasteiger partial charge in [0.2, 0.25) is 11.5 Å². The van der Waals surface area contributed by atoms with Gasteiger partial charge in [0.1, 0.15) is 0 Å². The van der Waals surface area contributed by atoms with Crippen molar-refractivity contribution in [2.45, 2.75) is 31.6 Å². The Kier molecular flexibility index (Phi) is 6.79. The van der Waals surface area contributed by atoms with Crippen molar-refractivity contribution in [1.29, 1.82) is 0 Å². The Hall–Kier alpha value is -2.61. The predicted octanol–water partition coefficient (Wildman–Crippen LogP) is 3.23. The number of carbonyl (C=O) groups is 2. The second-order valence-electron chi connectivity index (χ2n) is 5.70. The Morgan fingerprint density at radius 2 is 1.56 bits per heavy atom. The highest BCUT2D eigenvalue weighted by Crippen LogP contribution is 2.51. The first-order valence-electron chi connectivity index (χ1n) is 8.28. The van der Waals surface area contributed by atoms with E-state index in [1.165, 1.54) is 27.4 Å². The van der Waals surface area contributed by atoms with Crippen molar-refractivity contribution in [3.63, 3.8) is 0 Å². The first-order chi connectivity index (χ1) is 12.8. The van der Waals surface area contributed by atoms with Crippen molar-refractivity contribution in [2.75, 3.05) is 20.5 Å². The zero-order valence-corrected chi connectivity index (χ0v) is 16.7. The van der Waals surface area contributed by atoms with Crippen LogP contribution in [0.15, 0.2) is 23.1 Å². The zero-order valence-electron chi connectivity index (χ0n) is 15.9. The van der Waals surface area contributed by atoms with Crippen molar-refractivity contribution in [3.8, 4) is 23.0 Å². The molecule has 0 saturated carbocycles. The molecule has 0 N–H and O–H groups in total. The third-order valence-electron chi connectivity index (χ3n) is 3.75. The largest absolute Gasteiger partial charge is 0.490 e. The van der Waals surface area contributed by atoms with Gasteiger partial charge < -0.3 is 18.9 Å². The molecule has 0 heterocycles. The van der Waals surface area contributed by atoms with Crippen LogP contribution in [0.4, 0.5) is 0 Å². The quantitative estimate of drug-likeness (QED) is 0.526. The molecular formula is C19H22O7S. The van der Waals surface area contributed by atoms with Crippen LogP contribution < -0.4 is 18.9 Å². The van der Waals surface area contributed by atoms with Crippen LogP contribution in [0.3, 0.4) is 0 Å². The molecule has 1 unspecified atom stereocenters. The summed E-state index contributed by atoms with van der Waals surface area (Å²) in [6.07, 6.45) is 2.39. The SMILES string of the molecule is CCCC(=O)Oc1c(OC)c(OC)c(OC(C)=O)c2cc(S(C)=O)ccc12. The Labute approximate surface area is 160 Å². The number of methoxy groups -OCH3 is 2. The van der Waals surface area contributed by atoms with Crippen molar-refractivity contribution in [3.05, 3.63) is 18.2 Å². The molecule has 0 fully saturated rings. The average Bonchev–Trinajstić information content (AvgIpc) is 2.62. The van der Waals surface area contributed by atoms with Gasteiger partial charge in [0.25, 0.3) is 0 Å². The summed E-state index contributed by atoms with van der Waals surface area (Å²) in [7, 11) is 1.52.